The quantitative estimate of drug-likeness (QED) is 0.729. The third-order valence-electron chi connectivity index (χ3n) is 3.41. The molecule has 1 aromatic heterocycles. The monoisotopic (exact) mass is 274 g/mol. The van der Waals surface area contributed by atoms with Gasteiger partial charge in [-0.05, 0) is 42.8 Å². The molecule has 0 spiro atoms. The molecule has 2 N–H and O–H groups in total. The molecule has 0 atom stereocenters. The van der Waals surface area contributed by atoms with Crippen molar-refractivity contribution in [2.45, 2.75) is 6.92 Å². The Balaban J connectivity index is 2.21. The standard InChI is InChI=1S/C17H14N4/c1-12-3-2-4-14(11-18)16(12)21-10-9-20-17(21)13-5-7-15(19)8-6-13/h2-10H,19H2,1H3. The summed E-state index contributed by atoms with van der Waals surface area (Å²) in [5, 5.41) is 9.34. The van der Waals surface area contributed by atoms with Gasteiger partial charge in [-0.3, -0.25) is 4.57 Å². The Morgan fingerprint density at radius 2 is 1.90 bits per heavy atom. The summed E-state index contributed by atoms with van der Waals surface area (Å²) in [4.78, 5) is 4.42. The second-order valence-corrected chi connectivity index (χ2v) is 4.83. The summed E-state index contributed by atoms with van der Waals surface area (Å²) in [6.07, 6.45) is 3.61. The molecular formula is C17H14N4. The zero-order valence-corrected chi connectivity index (χ0v) is 11.6. The number of rotatable bonds is 2. The molecule has 0 radical (unpaired) electrons. The molecule has 1 heterocycles. The summed E-state index contributed by atoms with van der Waals surface area (Å²) >= 11 is 0. The van der Waals surface area contributed by atoms with Crippen LogP contribution >= 0.6 is 0 Å². The molecular weight excluding hydrogens is 260 g/mol. The smallest absolute Gasteiger partial charge is 0.144 e. The van der Waals surface area contributed by atoms with Crippen LogP contribution in [-0.2, 0) is 0 Å². The average Bonchev–Trinajstić information content (AvgIpc) is 2.96. The van der Waals surface area contributed by atoms with Crippen LogP contribution in [0.15, 0.2) is 54.9 Å². The first-order chi connectivity index (χ1) is 10.2. The Hall–Kier alpha value is -3.06. The number of para-hydroxylation sites is 1. The maximum atomic E-state index is 9.34. The topological polar surface area (TPSA) is 67.6 Å². The molecule has 4 heteroatoms. The molecule has 0 amide bonds. The van der Waals surface area contributed by atoms with Crippen molar-refractivity contribution >= 4 is 5.69 Å². The summed E-state index contributed by atoms with van der Waals surface area (Å²) in [7, 11) is 0. The number of anilines is 1. The Labute approximate surface area is 123 Å². The molecule has 0 aliphatic rings. The predicted molar refractivity (Wildman–Crippen MR) is 82.9 cm³/mol. The van der Waals surface area contributed by atoms with Crippen LogP contribution in [0.5, 0.6) is 0 Å². The van der Waals surface area contributed by atoms with Crippen LogP contribution in [-0.4, -0.2) is 9.55 Å². The highest BCUT2D eigenvalue weighted by Gasteiger charge is 2.13. The molecule has 0 aliphatic carbocycles. The first-order valence-electron chi connectivity index (χ1n) is 6.60. The molecule has 21 heavy (non-hydrogen) atoms. The number of nitrogen functional groups attached to an aromatic ring is 1. The fourth-order valence-electron chi connectivity index (χ4n) is 2.40. The zero-order chi connectivity index (χ0) is 14.8. The van der Waals surface area contributed by atoms with Crippen molar-refractivity contribution in [2.24, 2.45) is 0 Å². The Bertz CT molecular complexity index is 823. The first kappa shape index (κ1) is 12.9. The maximum absolute atomic E-state index is 9.34. The van der Waals surface area contributed by atoms with Crippen LogP contribution < -0.4 is 5.73 Å². The minimum atomic E-state index is 0.629. The number of aryl methyl sites for hydroxylation is 1. The zero-order valence-electron chi connectivity index (χ0n) is 11.6. The number of aromatic nitrogens is 2. The molecule has 3 aromatic rings. The molecule has 2 aromatic carbocycles. The molecule has 0 unspecified atom stereocenters. The highest BCUT2D eigenvalue weighted by Crippen LogP contribution is 2.26. The van der Waals surface area contributed by atoms with Gasteiger partial charge in [-0.25, -0.2) is 4.98 Å². The lowest BCUT2D eigenvalue weighted by Crippen LogP contribution is -2.02. The van der Waals surface area contributed by atoms with Gasteiger partial charge in [0, 0.05) is 23.6 Å². The first-order valence-corrected chi connectivity index (χ1v) is 6.60. The van der Waals surface area contributed by atoms with Crippen molar-refractivity contribution in [1.29, 1.82) is 5.26 Å². The third-order valence-corrected chi connectivity index (χ3v) is 3.41. The van der Waals surface area contributed by atoms with E-state index in [1.165, 1.54) is 0 Å². The number of nitrogens with zero attached hydrogens (tertiary/aromatic N) is 3. The SMILES string of the molecule is Cc1cccc(C#N)c1-n1ccnc1-c1ccc(N)cc1. The van der Waals surface area contributed by atoms with E-state index in [-0.39, 0.29) is 0 Å². The fraction of sp³-hybridized carbons (Fsp3) is 0.0588. The van der Waals surface area contributed by atoms with Gasteiger partial charge in [0.1, 0.15) is 11.9 Å². The van der Waals surface area contributed by atoms with E-state index in [1.54, 1.807) is 6.20 Å². The van der Waals surface area contributed by atoms with Gasteiger partial charge >= 0.3 is 0 Å². The van der Waals surface area contributed by atoms with Gasteiger partial charge in [0.2, 0.25) is 0 Å². The highest BCUT2D eigenvalue weighted by atomic mass is 15.1. The van der Waals surface area contributed by atoms with Crippen LogP contribution in [0.25, 0.3) is 17.1 Å². The van der Waals surface area contributed by atoms with Crippen LogP contribution in [0.4, 0.5) is 5.69 Å². The fourth-order valence-corrected chi connectivity index (χ4v) is 2.40. The van der Waals surface area contributed by atoms with Crippen LogP contribution in [0.3, 0.4) is 0 Å². The minimum Gasteiger partial charge on any atom is -0.399 e. The molecule has 4 nitrogen and oxygen atoms in total. The Morgan fingerprint density at radius 1 is 1.14 bits per heavy atom. The van der Waals surface area contributed by atoms with Gasteiger partial charge in [-0.15, -0.1) is 0 Å². The lowest BCUT2D eigenvalue weighted by Gasteiger charge is -2.12. The highest BCUT2D eigenvalue weighted by molar-refractivity contribution is 5.64. The van der Waals surface area contributed by atoms with Crippen LogP contribution in [0.1, 0.15) is 11.1 Å². The van der Waals surface area contributed by atoms with Gasteiger partial charge in [-0.1, -0.05) is 12.1 Å². The largest absolute Gasteiger partial charge is 0.399 e. The molecule has 0 bridgehead atoms. The van der Waals surface area contributed by atoms with E-state index >= 15 is 0 Å². The Morgan fingerprint density at radius 3 is 2.62 bits per heavy atom. The van der Waals surface area contributed by atoms with E-state index in [0.29, 0.717) is 11.3 Å². The third kappa shape index (κ3) is 2.26. The van der Waals surface area contributed by atoms with Gasteiger partial charge in [0.15, 0.2) is 0 Å². The van der Waals surface area contributed by atoms with E-state index in [9.17, 15) is 5.26 Å². The summed E-state index contributed by atoms with van der Waals surface area (Å²) in [6.45, 7) is 1.99. The number of nitrogens with two attached hydrogens (primary N) is 1. The predicted octanol–water partition coefficient (Wildman–Crippen LogP) is 3.30. The van der Waals surface area contributed by atoms with E-state index in [2.05, 4.69) is 11.1 Å². The van der Waals surface area contributed by atoms with Gasteiger partial charge in [-0.2, -0.15) is 5.26 Å². The second-order valence-electron chi connectivity index (χ2n) is 4.83. The van der Waals surface area contributed by atoms with Gasteiger partial charge in [0.25, 0.3) is 0 Å². The van der Waals surface area contributed by atoms with E-state index in [1.807, 2.05) is 60.2 Å². The second kappa shape index (κ2) is 5.14. The van der Waals surface area contributed by atoms with E-state index in [0.717, 1.165) is 22.6 Å². The van der Waals surface area contributed by atoms with Crippen molar-refractivity contribution < 1.29 is 0 Å². The van der Waals surface area contributed by atoms with Crippen molar-refractivity contribution in [2.75, 3.05) is 5.73 Å². The maximum Gasteiger partial charge on any atom is 0.144 e. The van der Waals surface area contributed by atoms with E-state index < -0.39 is 0 Å². The number of imidazole rings is 1. The average molecular weight is 274 g/mol. The molecule has 0 saturated heterocycles. The minimum absolute atomic E-state index is 0.629. The van der Waals surface area contributed by atoms with Crippen molar-refractivity contribution in [3.63, 3.8) is 0 Å². The lowest BCUT2D eigenvalue weighted by molar-refractivity contribution is 1.04. The summed E-state index contributed by atoms with van der Waals surface area (Å²) < 4.78 is 1.94. The molecule has 3 rings (SSSR count). The number of hydrogen-bond donors (Lipinski definition) is 1. The van der Waals surface area contributed by atoms with Crippen LogP contribution in [0.2, 0.25) is 0 Å². The Kier molecular flexibility index (Phi) is 3.17. The summed E-state index contributed by atoms with van der Waals surface area (Å²) in [5.74, 6) is 0.792. The van der Waals surface area contributed by atoms with Gasteiger partial charge < -0.3 is 5.73 Å². The number of benzene rings is 2. The molecule has 102 valence electrons. The van der Waals surface area contributed by atoms with Crippen LogP contribution in [0, 0.1) is 18.3 Å². The summed E-state index contributed by atoms with van der Waals surface area (Å²) in [6, 6.07) is 15.5. The summed E-state index contributed by atoms with van der Waals surface area (Å²) in [5.41, 5.74) is 9.93. The van der Waals surface area contributed by atoms with Crippen molar-refractivity contribution in [3.05, 3.63) is 66.0 Å². The molecule has 0 fully saturated rings. The van der Waals surface area contributed by atoms with Crippen molar-refractivity contribution in [3.8, 4) is 23.1 Å². The number of nitriles is 1. The normalized spacial score (nSPS) is 10.3. The lowest BCUT2D eigenvalue weighted by atomic mass is 10.1. The van der Waals surface area contributed by atoms with E-state index in [4.69, 9.17) is 5.73 Å². The van der Waals surface area contributed by atoms with Crippen molar-refractivity contribution in [1.82, 2.24) is 9.55 Å². The number of hydrogen-bond acceptors (Lipinski definition) is 3. The molecule has 0 aliphatic heterocycles. The molecule has 0 saturated carbocycles. The van der Waals surface area contributed by atoms with Gasteiger partial charge in [0.05, 0.1) is 11.3 Å².